The quantitative estimate of drug-likeness (QED) is 0.793. The number of rotatable bonds is 5. The zero-order valence-corrected chi connectivity index (χ0v) is 14.1. The molecule has 1 aliphatic heterocycles. The van der Waals surface area contributed by atoms with Crippen molar-refractivity contribution in [2.75, 3.05) is 32.7 Å². The van der Waals surface area contributed by atoms with Crippen LogP contribution in [0.4, 0.5) is 0 Å². The van der Waals surface area contributed by atoms with Crippen molar-refractivity contribution < 1.29 is 9.53 Å². The minimum absolute atomic E-state index is 0.0567. The number of carbonyl (C=O) groups excluding carboxylic acids is 1. The highest BCUT2D eigenvalue weighted by Gasteiger charge is 2.25. The molecule has 1 fully saturated rings. The molecule has 0 aliphatic carbocycles. The Morgan fingerprint density at radius 3 is 2.62 bits per heavy atom. The molecule has 1 aliphatic rings. The summed E-state index contributed by atoms with van der Waals surface area (Å²) in [4.78, 5) is 16.9. The van der Waals surface area contributed by atoms with Crippen LogP contribution in [0.3, 0.4) is 0 Å². The molecule has 0 unspecified atom stereocenters. The predicted octanol–water partition coefficient (Wildman–Crippen LogP) is 2.94. The molecular formula is C20H24N2O2. The number of ether oxygens (including phenoxy) is 1. The summed E-state index contributed by atoms with van der Waals surface area (Å²) in [6.07, 6.45) is 1.42. The van der Waals surface area contributed by atoms with Gasteiger partial charge in [0.05, 0.1) is 0 Å². The van der Waals surface area contributed by atoms with Crippen LogP contribution in [0.15, 0.2) is 55.1 Å². The third kappa shape index (κ3) is 3.60. The highest BCUT2D eigenvalue weighted by Crippen LogP contribution is 2.26. The normalized spacial score (nSPS) is 16.8. The largest absolute Gasteiger partial charge is 0.480 e. The van der Waals surface area contributed by atoms with E-state index < -0.39 is 6.10 Å². The summed E-state index contributed by atoms with van der Waals surface area (Å²) in [6, 6.07) is 14.0. The van der Waals surface area contributed by atoms with Crippen molar-refractivity contribution in [2.45, 2.75) is 13.0 Å². The lowest BCUT2D eigenvalue weighted by atomic mass is 10.1. The van der Waals surface area contributed by atoms with E-state index in [1.54, 1.807) is 0 Å². The fourth-order valence-corrected chi connectivity index (χ4v) is 3.13. The van der Waals surface area contributed by atoms with Crippen LogP contribution in [-0.2, 0) is 4.79 Å². The third-order valence-electron chi connectivity index (χ3n) is 4.47. The van der Waals surface area contributed by atoms with Gasteiger partial charge in [-0.3, -0.25) is 9.69 Å². The monoisotopic (exact) mass is 324 g/mol. The standard InChI is InChI=1S/C20H24N2O2/c1-3-11-21-12-14-22(15-13-21)20(23)16(2)24-19-10-6-8-17-7-4-5-9-18(17)19/h3-10,16H,1,11-15H2,2H3/t16-/m1/s1. The molecule has 4 heteroatoms. The summed E-state index contributed by atoms with van der Waals surface area (Å²) in [6.45, 7) is 9.75. The van der Waals surface area contributed by atoms with Gasteiger partial charge in [0.1, 0.15) is 5.75 Å². The molecule has 4 nitrogen and oxygen atoms in total. The maximum absolute atomic E-state index is 12.7. The predicted molar refractivity (Wildman–Crippen MR) is 97.3 cm³/mol. The summed E-state index contributed by atoms with van der Waals surface area (Å²) in [5, 5.41) is 2.16. The first kappa shape index (κ1) is 16.5. The Kier molecular flexibility index (Phi) is 5.16. The van der Waals surface area contributed by atoms with Gasteiger partial charge in [-0.25, -0.2) is 0 Å². The van der Waals surface area contributed by atoms with Crippen LogP contribution in [0, 0.1) is 0 Å². The molecule has 2 aromatic rings. The molecule has 0 aromatic heterocycles. The summed E-state index contributed by atoms with van der Waals surface area (Å²) >= 11 is 0. The second-order valence-corrected chi connectivity index (χ2v) is 6.15. The zero-order chi connectivity index (χ0) is 16.9. The topological polar surface area (TPSA) is 32.8 Å². The third-order valence-corrected chi connectivity index (χ3v) is 4.47. The molecule has 1 atom stereocenters. The molecular weight excluding hydrogens is 300 g/mol. The van der Waals surface area contributed by atoms with Gasteiger partial charge in [0.25, 0.3) is 5.91 Å². The Morgan fingerprint density at radius 2 is 1.88 bits per heavy atom. The average molecular weight is 324 g/mol. The zero-order valence-electron chi connectivity index (χ0n) is 14.1. The number of benzene rings is 2. The van der Waals surface area contributed by atoms with Crippen LogP contribution < -0.4 is 4.74 Å². The van der Waals surface area contributed by atoms with E-state index in [1.165, 1.54) is 0 Å². The fraction of sp³-hybridized carbons (Fsp3) is 0.350. The first-order valence-corrected chi connectivity index (χ1v) is 8.45. The van der Waals surface area contributed by atoms with Crippen molar-refractivity contribution in [3.05, 3.63) is 55.1 Å². The number of carbonyl (C=O) groups is 1. The van der Waals surface area contributed by atoms with Gasteiger partial charge in [-0.15, -0.1) is 6.58 Å². The second-order valence-electron chi connectivity index (χ2n) is 6.15. The second kappa shape index (κ2) is 7.49. The van der Waals surface area contributed by atoms with Crippen LogP contribution in [0.1, 0.15) is 6.92 Å². The van der Waals surface area contributed by atoms with E-state index in [-0.39, 0.29) is 5.91 Å². The summed E-state index contributed by atoms with van der Waals surface area (Å²) in [7, 11) is 0. The van der Waals surface area contributed by atoms with Gasteiger partial charge >= 0.3 is 0 Å². The number of nitrogens with zero attached hydrogens (tertiary/aromatic N) is 2. The molecule has 0 N–H and O–H groups in total. The van der Waals surface area contributed by atoms with E-state index in [0.29, 0.717) is 0 Å². The molecule has 0 saturated carbocycles. The van der Waals surface area contributed by atoms with Gasteiger partial charge in [0.2, 0.25) is 0 Å². The van der Waals surface area contributed by atoms with Crippen LogP contribution in [-0.4, -0.2) is 54.5 Å². The number of hydrogen-bond acceptors (Lipinski definition) is 3. The smallest absolute Gasteiger partial charge is 0.263 e. The van der Waals surface area contributed by atoms with Gasteiger partial charge in [-0.1, -0.05) is 42.5 Å². The first-order valence-electron chi connectivity index (χ1n) is 8.45. The Bertz CT molecular complexity index is 715. The fourth-order valence-electron chi connectivity index (χ4n) is 3.13. The Balaban J connectivity index is 1.65. The highest BCUT2D eigenvalue weighted by molar-refractivity contribution is 5.89. The minimum Gasteiger partial charge on any atom is -0.480 e. The molecule has 1 amide bonds. The van der Waals surface area contributed by atoms with Gasteiger partial charge in [0, 0.05) is 38.1 Å². The SMILES string of the molecule is C=CCN1CCN(C(=O)[C@@H](C)Oc2cccc3ccccc23)CC1. The van der Waals surface area contributed by atoms with Crippen molar-refractivity contribution in [1.29, 1.82) is 0 Å². The molecule has 126 valence electrons. The van der Waals surface area contributed by atoms with E-state index in [0.717, 1.165) is 49.2 Å². The maximum Gasteiger partial charge on any atom is 0.263 e. The Labute approximate surface area is 143 Å². The lowest BCUT2D eigenvalue weighted by molar-refractivity contribution is -0.139. The van der Waals surface area contributed by atoms with Gasteiger partial charge < -0.3 is 9.64 Å². The molecule has 2 aromatic carbocycles. The molecule has 3 rings (SSSR count). The van der Waals surface area contributed by atoms with Gasteiger partial charge in [-0.2, -0.15) is 0 Å². The van der Waals surface area contributed by atoms with Crippen LogP contribution in [0.2, 0.25) is 0 Å². The number of fused-ring (bicyclic) bond motifs is 1. The van der Waals surface area contributed by atoms with E-state index in [9.17, 15) is 4.79 Å². The van der Waals surface area contributed by atoms with Crippen molar-refractivity contribution in [2.24, 2.45) is 0 Å². The maximum atomic E-state index is 12.7. The summed E-state index contributed by atoms with van der Waals surface area (Å²) in [5.74, 6) is 0.820. The van der Waals surface area contributed by atoms with Crippen LogP contribution in [0.25, 0.3) is 10.8 Å². The first-order chi connectivity index (χ1) is 11.7. The number of hydrogen-bond donors (Lipinski definition) is 0. The van der Waals surface area contributed by atoms with Crippen LogP contribution in [0.5, 0.6) is 5.75 Å². The summed E-state index contributed by atoms with van der Waals surface area (Å²) < 4.78 is 6.00. The number of amides is 1. The lowest BCUT2D eigenvalue weighted by Crippen LogP contribution is -2.51. The molecule has 0 bridgehead atoms. The van der Waals surface area contributed by atoms with E-state index in [4.69, 9.17) is 4.74 Å². The molecule has 0 radical (unpaired) electrons. The van der Waals surface area contributed by atoms with E-state index >= 15 is 0 Å². The Morgan fingerprint density at radius 1 is 1.17 bits per heavy atom. The van der Waals surface area contributed by atoms with Gasteiger partial charge in [0.15, 0.2) is 6.10 Å². The number of piperazine rings is 1. The van der Waals surface area contributed by atoms with Gasteiger partial charge in [-0.05, 0) is 18.4 Å². The molecule has 24 heavy (non-hydrogen) atoms. The van der Waals surface area contributed by atoms with Crippen molar-refractivity contribution in [1.82, 2.24) is 9.80 Å². The van der Waals surface area contributed by atoms with Crippen LogP contribution >= 0.6 is 0 Å². The summed E-state index contributed by atoms with van der Waals surface area (Å²) in [5.41, 5.74) is 0. The van der Waals surface area contributed by atoms with Crippen molar-refractivity contribution >= 4 is 16.7 Å². The van der Waals surface area contributed by atoms with E-state index in [2.05, 4.69) is 11.5 Å². The molecule has 1 saturated heterocycles. The van der Waals surface area contributed by atoms with E-state index in [1.807, 2.05) is 60.4 Å². The lowest BCUT2D eigenvalue weighted by Gasteiger charge is -2.35. The highest BCUT2D eigenvalue weighted by atomic mass is 16.5. The Hall–Kier alpha value is -2.33. The molecule has 0 spiro atoms. The van der Waals surface area contributed by atoms with Crippen molar-refractivity contribution in [3.63, 3.8) is 0 Å². The minimum atomic E-state index is -0.484. The molecule has 1 heterocycles. The van der Waals surface area contributed by atoms with Crippen molar-refractivity contribution in [3.8, 4) is 5.75 Å². The average Bonchev–Trinajstić information content (AvgIpc) is 2.62.